The molecule has 0 saturated heterocycles. The van der Waals surface area contributed by atoms with E-state index in [1.165, 1.54) is 0 Å². The number of amides is 1. The molecule has 0 aliphatic rings. The summed E-state index contributed by atoms with van der Waals surface area (Å²) in [6, 6.07) is 9.87. The summed E-state index contributed by atoms with van der Waals surface area (Å²) in [6.07, 6.45) is 0. The molecule has 1 rings (SSSR count). The maximum Gasteiger partial charge on any atom is 0.287 e. The van der Waals surface area contributed by atoms with Crippen molar-refractivity contribution >= 4 is 20.7 Å². The smallest absolute Gasteiger partial charge is 0.287 e. The molecule has 1 atom stereocenters. The maximum atomic E-state index is 10.6. The van der Waals surface area contributed by atoms with Crippen molar-refractivity contribution in [3.05, 3.63) is 35.9 Å². The number of rotatable bonds is 2. The number of halogens is 1. The van der Waals surface area contributed by atoms with Gasteiger partial charge in [-0.2, -0.15) is 0 Å². The van der Waals surface area contributed by atoms with Crippen molar-refractivity contribution in [1.82, 2.24) is 5.32 Å². The fourth-order valence-corrected chi connectivity index (χ4v) is 1.34. The van der Waals surface area contributed by atoms with Gasteiger partial charge in [-0.25, -0.2) is 0 Å². The molecule has 1 N–H and O–H groups in total. The molecular formula is C9H10BrNO. The number of hydrogen-bond donors (Lipinski definition) is 1. The van der Waals surface area contributed by atoms with Gasteiger partial charge in [0.1, 0.15) is 0 Å². The van der Waals surface area contributed by atoms with Crippen LogP contribution in [0.4, 0.5) is 4.79 Å². The largest absolute Gasteiger partial charge is 0.340 e. The highest BCUT2D eigenvalue weighted by atomic mass is 79.9. The number of carbonyl (C=O) groups excluding carboxylic acids is 1. The second-order valence-electron chi connectivity index (χ2n) is 2.55. The van der Waals surface area contributed by atoms with Gasteiger partial charge < -0.3 is 5.32 Å². The van der Waals surface area contributed by atoms with Crippen molar-refractivity contribution in [2.24, 2.45) is 0 Å². The number of benzene rings is 1. The molecule has 0 heterocycles. The third-order valence-corrected chi connectivity index (χ3v) is 1.86. The van der Waals surface area contributed by atoms with Crippen LogP contribution in [-0.2, 0) is 0 Å². The fourth-order valence-electron chi connectivity index (χ4n) is 0.995. The summed E-state index contributed by atoms with van der Waals surface area (Å²) in [5.41, 5.74) is 1.10. The zero-order chi connectivity index (χ0) is 8.97. The van der Waals surface area contributed by atoms with Gasteiger partial charge in [0.2, 0.25) is 0 Å². The Morgan fingerprint density at radius 1 is 1.42 bits per heavy atom. The lowest BCUT2D eigenvalue weighted by Gasteiger charge is -2.10. The normalized spacial score (nSPS) is 12.2. The van der Waals surface area contributed by atoms with E-state index >= 15 is 0 Å². The third-order valence-electron chi connectivity index (χ3n) is 1.63. The zero-order valence-electron chi connectivity index (χ0n) is 6.75. The van der Waals surface area contributed by atoms with E-state index in [1.807, 2.05) is 37.3 Å². The zero-order valence-corrected chi connectivity index (χ0v) is 8.34. The van der Waals surface area contributed by atoms with E-state index in [4.69, 9.17) is 0 Å². The highest BCUT2D eigenvalue weighted by Crippen LogP contribution is 2.11. The van der Waals surface area contributed by atoms with Gasteiger partial charge in [-0.15, -0.1) is 0 Å². The van der Waals surface area contributed by atoms with Gasteiger partial charge in [-0.05, 0) is 12.5 Å². The summed E-state index contributed by atoms with van der Waals surface area (Å²) >= 11 is 2.82. The van der Waals surface area contributed by atoms with Crippen molar-refractivity contribution < 1.29 is 4.79 Å². The van der Waals surface area contributed by atoms with Crippen LogP contribution in [-0.4, -0.2) is 4.82 Å². The molecule has 2 nitrogen and oxygen atoms in total. The minimum atomic E-state index is -0.182. The molecule has 3 heteroatoms. The van der Waals surface area contributed by atoms with E-state index < -0.39 is 0 Å². The second kappa shape index (κ2) is 4.26. The standard InChI is InChI=1S/C9H10BrNO/c1-7(11-9(10)12)8-5-3-2-4-6-8/h2-7H,1H3,(H,11,12). The highest BCUT2D eigenvalue weighted by molar-refractivity contribution is 9.18. The number of hydrogen-bond acceptors (Lipinski definition) is 1. The summed E-state index contributed by atoms with van der Waals surface area (Å²) in [4.78, 5) is 10.5. The minimum Gasteiger partial charge on any atom is -0.340 e. The molecule has 1 aromatic carbocycles. The van der Waals surface area contributed by atoms with Crippen molar-refractivity contribution in [2.75, 3.05) is 0 Å². The number of carbonyl (C=O) groups is 1. The van der Waals surface area contributed by atoms with Crippen molar-refractivity contribution in [3.63, 3.8) is 0 Å². The lowest BCUT2D eigenvalue weighted by atomic mass is 10.1. The summed E-state index contributed by atoms with van der Waals surface area (Å²) in [5, 5.41) is 2.74. The van der Waals surface area contributed by atoms with Gasteiger partial charge in [0.15, 0.2) is 0 Å². The Balaban J connectivity index is 2.65. The third kappa shape index (κ3) is 2.66. The van der Waals surface area contributed by atoms with Crippen LogP contribution < -0.4 is 5.32 Å². The van der Waals surface area contributed by atoms with E-state index in [9.17, 15) is 4.79 Å². The molecule has 0 aliphatic carbocycles. The van der Waals surface area contributed by atoms with Gasteiger partial charge >= 0.3 is 0 Å². The molecule has 0 saturated carbocycles. The van der Waals surface area contributed by atoms with E-state index in [2.05, 4.69) is 21.2 Å². The van der Waals surface area contributed by atoms with Crippen molar-refractivity contribution in [1.29, 1.82) is 0 Å². The van der Waals surface area contributed by atoms with Gasteiger partial charge in [0.25, 0.3) is 4.82 Å². The Bertz CT molecular complexity index is 260. The average Bonchev–Trinajstić information content (AvgIpc) is 2.05. The predicted octanol–water partition coefficient (Wildman–Crippen LogP) is 2.85. The molecule has 0 aliphatic heterocycles. The SMILES string of the molecule is CC(NC(=O)Br)c1ccccc1. The Labute approximate surface area is 80.1 Å². The molecule has 1 amide bonds. The average molecular weight is 228 g/mol. The molecule has 0 fully saturated rings. The van der Waals surface area contributed by atoms with Crippen molar-refractivity contribution in [2.45, 2.75) is 13.0 Å². The molecular weight excluding hydrogens is 218 g/mol. The minimum absolute atomic E-state index is 0.0538. The molecule has 0 radical (unpaired) electrons. The van der Waals surface area contributed by atoms with Gasteiger partial charge in [-0.3, -0.25) is 4.79 Å². The molecule has 0 bridgehead atoms. The van der Waals surface area contributed by atoms with Crippen LogP contribution in [0.1, 0.15) is 18.5 Å². The quantitative estimate of drug-likeness (QED) is 0.612. The molecule has 0 aromatic heterocycles. The van der Waals surface area contributed by atoms with Gasteiger partial charge in [-0.1, -0.05) is 30.3 Å². The summed E-state index contributed by atoms with van der Waals surface area (Å²) in [5.74, 6) is 0. The Hall–Kier alpha value is -0.830. The first-order valence-corrected chi connectivity index (χ1v) is 4.50. The lowest BCUT2D eigenvalue weighted by Crippen LogP contribution is -2.20. The summed E-state index contributed by atoms with van der Waals surface area (Å²) in [7, 11) is 0. The monoisotopic (exact) mass is 227 g/mol. The van der Waals surface area contributed by atoms with E-state index in [0.29, 0.717) is 0 Å². The number of nitrogens with one attached hydrogen (secondary N) is 1. The van der Waals surface area contributed by atoms with Crippen LogP contribution in [0.15, 0.2) is 30.3 Å². The van der Waals surface area contributed by atoms with Crippen LogP contribution in [0.5, 0.6) is 0 Å². The molecule has 12 heavy (non-hydrogen) atoms. The van der Waals surface area contributed by atoms with E-state index in [1.54, 1.807) is 0 Å². The first kappa shape index (κ1) is 9.26. The second-order valence-corrected chi connectivity index (χ2v) is 3.27. The topological polar surface area (TPSA) is 29.1 Å². The van der Waals surface area contributed by atoms with E-state index in [0.717, 1.165) is 5.56 Å². The van der Waals surface area contributed by atoms with Crippen LogP contribution in [0.25, 0.3) is 0 Å². The highest BCUT2D eigenvalue weighted by Gasteiger charge is 2.04. The Morgan fingerprint density at radius 2 is 2.00 bits per heavy atom. The van der Waals surface area contributed by atoms with E-state index in [-0.39, 0.29) is 10.9 Å². The van der Waals surface area contributed by atoms with Gasteiger partial charge in [0.05, 0.1) is 6.04 Å². The van der Waals surface area contributed by atoms with Crippen LogP contribution in [0.3, 0.4) is 0 Å². The van der Waals surface area contributed by atoms with Crippen molar-refractivity contribution in [3.8, 4) is 0 Å². The summed E-state index contributed by atoms with van der Waals surface area (Å²) < 4.78 is 0. The van der Waals surface area contributed by atoms with Gasteiger partial charge in [0, 0.05) is 15.9 Å². The Kier molecular flexibility index (Phi) is 3.29. The molecule has 1 unspecified atom stereocenters. The van der Waals surface area contributed by atoms with Crippen LogP contribution >= 0.6 is 15.9 Å². The molecule has 64 valence electrons. The first-order chi connectivity index (χ1) is 5.70. The molecule has 0 spiro atoms. The fraction of sp³-hybridized carbons (Fsp3) is 0.222. The van der Waals surface area contributed by atoms with Crippen LogP contribution in [0.2, 0.25) is 0 Å². The summed E-state index contributed by atoms with van der Waals surface area (Å²) in [6.45, 7) is 1.94. The molecule has 1 aromatic rings. The predicted molar refractivity (Wildman–Crippen MR) is 52.3 cm³/mol. The first-order valence-electron chi connectivity index (χ1n) is 3.71. The Morgan fingerprint density at radius 3 is 2.50 bits per heavy atom. The lowest BCUT2D eigenvalue weighted by molar-refractivity contribution is 0.259. The van der Waals surface area contributed by atoms with Crippen LogP contribution in [0, 0.1) is 0 Å². The maximum absolute atomic E-state index is 10.6.